The van der Waals surface area contributed by atoms with Gasteiger partial charge in [-0.1, -0.05) is 0 Å². The molecule has 0 aromatic carbocycles. The van der Waals surface area contributed by atoms with Crippen LogP contribution >= 0.6 is 0 Å². The largest absolute Gasteiger partial charge is 0.350 e. The van der Waals surface area contributed by atoms with Crippen molar-refractivity contribution >= 4 is 5.91 Å². The van der Waals surface area contributed by atoms with Crippen LogP contribution in [0.1, 0.15) is 26.2 Å². The summed E-state index contributed by atoms with van der Waals surface area (Å²) in [6, 6.07) is 0.282. The summed E-state index contributed by atoms with van der Waals surface area (Å²) in [6.07, 6.45) is 3.22. The molecule has 2 atom stereocenters. The molecule has 1 saturated carbocycles. The fourth-order valence-corrected chi connectivity index (χ4v) is 1.99. The lowest BCUT2D eigenvalue weighted by Gasteiger charge is -2.25. The molecule has 14 heavy (non-hydrogen) atoms. The summed E-state index contributed by atoms with van der Waals surface area (Å²) in [5.41, 5.74) is 5.36. The molecule has 1 heterocycles. The number of amides is 1. The van der Waals surface area contributed by atoms with Gasteiger partial charge in [0.1, 0.15) is 0 Å². The van der Waals surface area contributed by atoms with Gasteiger partial charge in [0, 0.05) is 12.6 Å². The zero-order chi connectivity index (χ0) is 10.2. The third-order valence-corrected chi connectivity index (χ3v) is 3.31. The van der Waals surface area contributed by atoms with Crippen LogP contribution in [-0.2, 0) is 4.79 Å². The Labute approximate surface area is 84.6 Å². The van der Waals surface area contributed by atoms with Crippen molar-refractivity contribution in [3.05, 3.63) is 0 Å². The Morgan fingerprint density at radius 3 is 2.71 bits per heavy atom. The number of nitrogens with one attached hydrogen (secondary N) is 2. The van der Waals surface area contributed by atoms with Gasteiger partial charge in [0.15, 0.2) is 0 Å². The summed E-state index contributed by atoms with van der Waals surface area (Å²) in [6.45, 7) is 3.73. The van der Waals surface area contributed by atoms with Crippen molar-refractivity contribution in [3.63, 3.8) is 0 Å². The van der Waals surface area contributed by atoms with E-state index in [4.69, 9.17) is 5.73 Å². The summed E-state index contributed by atoms with van der Waals surface area (Å²) in [7, 11) is 0. The van der Waals surface area contributed by atoms with Crippen molar-refractivity contribution in [2.75, 3.05) is 13.1 Å². The van der Waals surface area contributed by atoms with Gasteiger partial charge in [-0.05, 0) is 38.6 Å². The van der Waals surface area contributed by atoms with Crippen LogP contribution in [0.2, 0.25) is 0 Å². The summed E-state index contributed by atoms with van der Waals surface area (Å²) >= 11 is 0. The zero-order valence-electron chi connectivity index (χ0n) is 8.68. The minimum atomic E-state index is -0.650. The lowest BCUT2D eigenvalue weighted by molar-refractivity contribution is -0.127. The standard InChI is InChI=1S/C10H19N3O/c1-10(11,7-2-3-7)9(14)13-8-4-5-12-6-8/h7-8,12H,2-6,11H2,1H3,(H,13,14). The highest BCUT2D eigenvalue weighted by molar-refractivity contribution is 5.86. The SMILES string of the molecule is CC(N)(C(=O)NC1CCNC1)C1CC1. The normalized spacial score (nSPS) is 31.1. The molecule has 0 aromatic heterocycles. The molecule has 2 fully saturated rings. The van der Waals surface area contributed by atoms with E-state index in [1.54, 1.807) is 0 Å². The highest BCUT2D eigenvalue weighted by Crippen LogP contribution is 2.38. The second-order valence-electron chi connectivity index (χ2n) is 4.72. The maximum absolute atomic E-state index is 11.8. The van der Waals surface area contributed by atoms with E-state index in [1.807, 2.05) is 6.92 Å². The predicted octanol–water partition coefficient (Wildman–Crippen LogP) is -0.408. The van der Waals surface area contributed by atoms with Gasteiger partial charge >= 0.3 is 0 Å². The lowest BCUT2D eigenvalue weighted by Crippen LogP contribution is -2.56. The number of nitrogens with two attached hydrogens (primary N) is 1. The van der Waals surface area contributed by atoms with E-state index in [2.05, 4.69) is 10.6 Å². The van der Waals surface area contributed by atoms with Crippen molar-refractivity contribution in [3.8, 4) is 0 Å². The lowest BCUT2D eigenvalue weighted by atomic mass is 9.96. The van der Waals surface area contributed by atoms with Gasteiger partial charge in [-0.25, -0.2) is 0 Å². The maximum Gasteiger partial charge on any atom is 0.240 e. The number of hydrogen-bond donors (Lipinski definition) is 3. The van der Waals surface area contributed by atoms with E-state index >= 15 is 0 Å². The van der Waals surface area contributed by atoms with Crippen molar-refractivity contribution < 1.29 is 4.79 Å². The molecule has 4 N–H and O–H groups in total. The Hall–Kier alpha value is -0.610. The molecule has 2 unspecified atom stereocenters. The van der Waals surface area contributed by atoms with Gasteiger partial charge in [0.25, 0.3) is 0 Å². The van der Waals surface area contributed by atoms with E-state index in [1.165, 1.54) is 0 Å². The molecule has 4 nitrogen and oxygen atoms in total. The molecule has 1 aliphatic heterocycles. The quantitative estimate of drug-likeness (QED) is 0.576. The van der Waals surface area contributed by atoms with Gasteiger partial charge in [-0.3, -0.25) is 4.79 Å². The molecule has 1 saturated heterocycles. The first-order valence-corrected chi connectivity index (χ1v) is 5.41. The minimum Gasteiger partial charge on any atom is -0.350 e. The molecular formula is C10H19N3O. The van der Waals surface area contributed by atoms with Gasteiger partial charge in [0.2, 0.25) is 5.91 Å². The number of carbonyl (C=O) groups is 1. The first-order valence-electron chi connectivity index (χ1n) is 5.41. The zero-order valence-corrected chi connectivity index (χ0v) is 8.68. The van der Waals surface area contributed by atoms with Crippen LogP contribution < -0.4 is 16.4 Å². The van der Waals surface area contributed by atoms with Gasteiger partial charge in [-0.2, -0.15) is 0 Å². The second kappa shape index (κ2) is 3.51. The summed E-state index contributed by atoms with van der Waals surface area (Å²) in [4.78, 5) is 11.8. The fraction of sp³-hybridized carbons (Fsp3) is 0.900. The highest BCUT2D eigenvalue weighted by Gasteiger charge is 2.44. The Balaban J connectivity index is 1.87. The molecule has 0 radical (unpaired) electrons. The first-order chi connectivity index (χ1) is 6.60. The Kier molecular flexibility index (Phi) is 2.49. The minimum absolute atomic E-state index is 0.0219. The third-order valence-electron chi connectivity index (χ3n) is 3.31. The van der Waals surface area contributed by atoms with Crippen LogP contribution in [0, 0.1) is 5.92 Å². The molecule has 1 aliphatic carbocycles. The van der Waals surface area contributed by atoms with Crippen LogP contribution in [0.25, 0.3) is 0 Å². The molecular weight excluding hydrogens is 178 g/mol. The molecule has 0 spiro atoms. The van der Waals surface area contributed by atoms with Crippen LogP contribution in [-0.4, -0.2) is 30.6 Å². The Morgan fingerprint density at radius 1 is 1.50 bits per heavy atom. The second-order valence-corrected chi connectivity index (χ2v) is 4.72. The van der Waals surface area contributed by atoms with Crippen LogP contribution in [0.3, 0.4) is 0 Å². The van der Waals surface area contributed by atoms with Crippen LogP contribution in [0.15, 0.2) is 0 Å². The summed E-state index contributed by atoms with van der Waals surface area (Å²) < 4.78 is 0. The molecule has 0 bridgehead atoms. The van der Waals surface area contributed by atoms with E-state index < -0.39 is 5.54 Å². The molecule has 2 aliphatic rings. The number of carbonyl (C=O) groups excluding carboxylic acids is 1. The molecule has 0 aromatic rings. The molecule has 2 rings (SSSR count). The average molecular weight is 197 g/mol. The molecule has 4 heteroatoms. The Morgan fingerprint density at radius 2 is 2.21 bits per heavy atom. The molecule has 80 valence electrons. The highest BCUT2D eigenvalue weighted by atomic mass is 16.2. The van der Waals surface area contributed by atoms with Crippen LogP contribution in [0.4, 0.5) is 0 Å². The number of rotatable bonds is 3. The number of hydrogen-bond acceptors (Lipinski definition) is 3. The van der Waals surface area contributed by atoms with Gasteiger partial charge in [-0.15, -0.1) is 0 Å². The van der Waals surface area contributed by atoms with Gasteiger partial charge in [0.05, 0.1) is 5.54 Å². The van der Waals surface area contributed by atoms with E-state index in [-0.39, 0.29) is 11.9 Å². The maximum atomic E-state index is 11.8. The topological polar surface area (TPSA) is 67.2 Å². The summed E-state index contributed by atoms with van der Waals surface area (Å²) in [5, 5.41) is 6.23. The third kappa shape index (κ3) is 1.91. The van der Waals surface area contributed by atoms with E-state index in [0.29, 0.717) is 5.92 Å². The Bertz CT molecular complexity index is 230. The first kappa shape index (κ1) is 9.93. The van der Waals surface area contributed by atoms with Gasteiger partial charge < -0.3 is 16.4 Å². The van der Waals surface area contributed by atoms with Crippen molar-refractivity contribution in [1.82, 2.24) is 10.6 Å². The van der Waals surface area contributed by atoms with E-state index in [9.17, 15) is 4.79 Å². The van der Waals surface area contributed by atoms with Crippen molar-refractivity contribution in [2.24, 2.45) is 11.7 Å². The molecule has 1 amide bonds. The van der Waals surface area contributed by atoms with Crippen molar-refractivity contribution in [2.45, 2.75) is 37.8 Å². The average Bonchev–Trinajstić information content (AvgIpc) is 2.88. The van der Waals surface area contributed by atoms with Crippen molar-refractivity contribution in [1.29, 1.82) is 0 Å². The fourth-order valence-electron chi connectivity index (χ4n) is 1.99. The van der Waals surface area contributed by atoms with Crippen LogP contribution in [0.5, 0.6) is 0 Å². The summed E-state index contributed by atoms with van der Waals surface area (Å²) in [5.74, 6) is 0.422. The smallest absolute Gasteiger partial charge is 0.240 e. The predicted molar refractivity (Wildman–Crippen MR) is 54.7 cm³/mol. The van der Waals surface area contributed by atoms with E-state index in [0.717, 1.165) is 32.4 Å². The monoisotopic (exact) mass is 197 g/mol.